The fourth-order valence-corrected chi connectivity index (χ4v) is 5.22. The fraction of sp³-hybridized carbons (Fsp3) is 0.609. The number of aliphatic hydroxyl groups is 1. The molecule has 1 heterocycles. The Hall–Kier alpha value is -2.08. The van der Waals surface area contributed by atoms with Gasteiger partial charge in [0, 0.05) is 43.5 Å². The summed E-state index contributed by atoms with van der Waals surface area (Å²) in [5.74, 6) is 6.30. The normalized spacial score (nSPS) is 21.7. The second-order valence-corrected chi connectivity index (χ2v) is 10.3. The Morgan fingerprint density at radius 3 is 2.61 bits per heavy atom. The molecule has 0 aliphatic carbocycles. The molecule has 7 nitrogen and oxygen atoms in total. The van der Waals surface area contributed by atoms with E-state index in [2.05, 4.69) is 11.8 Å². The van der Waals surface area contributed by atoms with Crippen LogP contribution in [0.4, 0.5) is 0 Å². The first-order chi connectivity index (χ1) is 14.5. The minimum absolute atomic E-state index is 0.0113. The average molecular weight is 451 g/mol. The number of carbonyl (C=O) groups is 1. The molecule has 0 aromatic heterocycles. The molecule has 1 aromatic carbocycles. The van der Waals surface area contributed by atoms with Crippen molar-refractivity contribution in [2.45, 2.75) is 58.1 Å². The number of benzene rings is 1. The molecule has 1 aliphatic rings. The van der Waals surface area contributed by atoms with Gasteiger partial charge in [-0.3, -0.25) is 4.79 Å². The zero-order chi connectivity index (χ0) is 23.3. The van der Waals surface area contributed by atoms with Crippen LogP contribution in [0.3, 0.4) is 0 Å². The Balaban J connectivity index is 2.58. The highest BCUT2D eigenvalue weighted by Crippen LogP contribution is 2.34. The van der Waals surface area contributed by atoms with Crippen LogP contribution in [0.5, 0.6) is 5.75 Å². The van der Waals surface area contributed by atoms with Crippen LogP contribution in [-0.2, 0) is 14.8 Å². The van der Waals surface area contributed by atoms with Gasteiger partial charge in [0.1, 0.15) is 16.7 Å². The Morgan fingerprint density at radius 1 is 1.35 bits per heavy atom. The third-order valence-corrected chi connectivity index (χ3v) is 7.37. The van der Waals surface area contributed by atoms with Crippen molar-refractivity contribution >= 4 is 15.9 Å². The summed E-state index contributed by atoms with van der Waals surface area (Å²) in [5.41, 5.74) is 0.661. The lowest BCUT2D eigenvalue weighted by molar-refractivity contribution is -0.131. The van der Waals surface area contributed by atoms with Gasteiger partial charge in [-0.2, -0.15) is 4.31 Å². The maximum Gasteiger partial charge on any atom is 0.247 e. The maximum absolute atomic E-state index is 13.4. The van der Waals surface area contributed by atoms with E-state index >= 15 is 0 Å². The molecule has 8 heteroatoms. The third-order valence-electron chi connectivity index (χ3n) is 5.35. The molecular formula is C23H34N2O5S. The monoisotopic (exact) mass is 450 g/mol. The molecule has 0 bridgehead atoms. The summed E-state index contributed by atoms with van der Waals surface area (Å²) in [4.78, 5) is 13.8. The topological polar surface area (TPSA) is 87.2 Å². The number of likely N-dealkylation sites (N-methyl/N-ethyl adjacent to an activating group) is 1. The molecule has 31 heavy (non-hydrogen) atoms. The first-order valence-electron chi connectivity index (χ1n) is 10.7. The minimum Gasteiger partial charge on any atom is -0.487 e. The van der Waals surface area contributed by atoms with Gasteiger partial charge in [0.2, 0.25) is 15.9 Å². The summed E-state index contributed by atoms with van der Waals surface area (Å²) in [6, 6.07) is 4.25. The van der Waals surface area contributed by atoms with Crippen LogP contribution in [0.25, 0.3) is 0 Å². The van der Waals surface area contributed by atoms with Crippen LogP contribution in [0.1, 0.15) is 46.6 Å². The van der Waals surface area contributed by atoms with Gasteiger partial charge in [-0.25, -0.2) is 8.42 Å². The molecule has 1 aromatic rings. The maximum atomic E-state index is 13.4. The van der Waals surface area contributed by atoms with Crippen LogP contribution < -0.4 is 4.74 Å². The van der Waals surface area contributed by atoms with Crippen molar-refractivity contribution in [3.05, 3.63) is 23.8 Å². The van der Waals surface area contributed by atoms with Gasteiger partial charge in [-0.1, -0.05) is 39.5 Å². The lowest BCUT2D eigenvalue weighted by Crippen LogP contribution is -2.50. The molecule has 3 atom stereocenters. The molecule has 1 N–H and O–H groups in total. The van der Waals surface area contributed by atoms with Crippen LogP contribution >= 0.6 is 0 Å². The molecule has 2 rings (SSSR count). The van der Waals surface area contributed by atoms with Crippen LogP contribution in [-0.4, -0.2) is 67.5 Å². The molecule has 0 radical (unpaired) electrons. The van der Waals surface area contributed by atoms with Gasteiger partial charge >= 0.3 is 0 Å². The summed E-state index contributed by atoms with van der Waals surface area (Å²) in [7, 11) is -2.17. The smallest absolute Gasteiger partial charge is 0.247 e. The Labute approximate surface area is 186 Å². The van der Waals surface area contributed by atoms with Crippen LogP contribution in [0, 0.1) is 23.7 Å². The summed E-state index contributed by atoms with van der Waals surface area (Å²) >= 11 is 0. The average Bonchev–Trinajstić information content (AvgIpc) is 2.73. The summed E-state index contributed by atoms with van der Waals surface area (Å²) in [6.07, 6.45) is -0.0398. The first-order valence-corrected chi connectivity index (χ1v) is 12.1. The van der Waals surface area contributed by atoms with Crippen LogP contribution in [0.2, 0.25) is 0 Å². The van der Waals surface area contributed by atoms with E-state index in [0.29, 0.717) is 18.5 Å². The number of carbonyl (C=O) groups excluding carboxylic acids is 1. The van der Waals surface area contributed by atoms with E-state index in [1.54, 1.807) is 37.9 Å². The molecular weight excluding hydrogens is 416 g/mol. The second kappa shape index (κ2) is 10.5. The van der Waals surface area contributed by atoms with E-state index in [0.717, 1.165) is 0 Å². The number of hydrogen-bond donors (Lipinski definition) is 1. The molecule has 0 fully saturated rings. The fourth-order valence-electron chi connectivity index (χ4n) is 3.39. The van der Waals surface area contributed by atoms with E-state index in [1.807, 2.05) is 20.8 Å². The molecule has 0 saturated heterocycles. The molecule has 1 amide bonds. The Morgan fingerprint density at radius 2 is 2.03 bits per heavy atom. The number of ether oxygens (including phenoxy) is 1. The Bertz CT molecular complexity index is 948. The standard InChI is InChI=1S/C23H34N2O5S/c1-7-23(27)24(6)14-21-17(4)13-25(18(5)15-26)31(28,29)22-11-10-19(9-8-16(2)3)12-20(22)30-21/h10-12,16-18,21,26H,7,13-15H2,1-6H3/t17-,18-,21+/m1/s1. The van der Waals surface area contributed by atoms with Gasteiger partial charge in [0.25, 0.3) is 0 Å². The molecule has 0 saturated carbocycles. The zero-order valence-electron chi connectivity index (χ0n) is 19.3. The predicted octanol–water partition coefficient (Wildman–Crippen LogP) is 2.33. The van der Waals surface area contributed by atoms with Crippen molar-refractivity contribution < 1.29 is 23.1 Å². The lowest BCUT2D eigenvalue weighted by atomic mass is 10.0. The van der Waals surface area contributed by atoms with Crippen molar-refractivity contribution in [2.24, 2.45) is 11.8 Å². The SMILES string of the molecule is CCC(=O)N(C)C[C@@H]1Oc2cc(C#CC(C)C)ccc2S(=O)(=O)N([C@H](C)CO)C[C@H]1C. The van der Waals surface area contributed by atoms with E-state index in [-0.39, 0.29) is 41.5 Å². The van der Waals surface area contributed by atoms with Gasteiger partial charge < -0.3 is 14.7 Å². The lowest BCUT2D eigenvalue weighted by Gasteiger charge is -2.37. The third kappa shape index (κ3) is 6.00. The molecule has 172 valence electrons. The Kier molecular flexibility index (Phi) is 8.52. The van der Waals surface area contributed by atoms with Crippen molar-refractivity contribution in [1.82, 2.24) is 9.21 Å². The van der Waals surface area contributed by atoms with E-state index < -0.39 is 22.2 Å². The van der Waals surface area contributed by atoms with Crippen molar-refractivity contribution in [3.8, 4) is 17.6 Å². The predicted molar refractivity (Wildman–Crippen MR) is 120 cm³/mol. The first kappa shape index (κ1) is 25.2. The summed E-state index contributed by atoms with van der Waals surface area (Å²) in [6.45, 7) is 9.55. The largest absolute Gasteiger partial charge is 0.487 e. The number of fused-ring (bicyclic) bond motifs is 1. The number of rotatable bonds is 5. The number of hydrogen-bond acceptors (Lipinski definition) is 5. The van der Waals surface area contributed by atoms with Gasteiger partial charge in [-0.05, 0) is 25.1 Å². The highest BCUT2D eigenvalue weighted by molar-refractivity contribution is 7.89. The number of sulfonamides is 1. The van der Waals surface area contributed by atoms with E-state index in [4.69, 9.17) is 4.74 Å². The highest BCUT2D eigenvalue weighted by Gasteiger charge is 2.38. The quantitative estimate of drug-likeness (QED) is 0.696. The van der Waals surface area contributed by atoms with Gasteiger partial charge in [0.15, 0.2) is 0 Å². The van der Waals surface area contributed by atoms with E-state index in [1.165, 1.54) is 10.4 Å². The summed E-state index contributed by atoms with van der Waals surface area (Å²) < 4.78 is 34.4. The van der Waals surface area contributed by atoms with Gasteiger partial charge in [-0.15, -0.1) is 0 Å². The van der Waals surface area contributed by atoms with Crippen molar-refractivity contribution in [2.75, 3.05) is 26.7 Å². The molecule has 0 unspecified atom stereocenters. The second-order valence-electron chi connectivity index (χ2n) is 8.45. The van der Waals surface area contributed by atoms with E-state index in [9.17, 15) is 18.3 Å². The number of nitrogens with zero attached hydrogens (tertiary/aromatic N) is 2. The highest BCUT2D eigenvalue weighted by atomic mass is 32.2. The zero-order valence-corrected chi connectivity index (χ0v) is 20.1. The number of amides is 1. The summed E-state index contributed by atoms with van der Waals surface area (Å²) in [5, 5.41) is 9.69. The molecule has 1 aliphatic heterocycles. The molecule has 0 spiro atoms. The van der Waals surface area contributed by atoms with Crippen molar-refractivity contribution in [1.29, 1.82) is 0 Å². The number of aliphatic hydroxyl groups excluding tert-OH is 1. The van der Waals surface area contributed by atoms with Crippen LogP contribution in [0.15, 0.2) is 23.1 Å². The minimum atomic E-state index is -3.89. The van der Waals surface area contributed by atoms with Gasteiger partial charge in [0.05, 0.1) is 13.2 Å². The van der Waals surface area contributed by atoms with Crippen molar-refractivity contribution in [3.63, 3.8) is 0 Å².